The van der Waals surface area contributed by atoms with Crippen LogP contribution in [0, 0.1) is 0 Å². The summed E-state index contributed by atoms with van der Waals surface area (Å²) in [4.78, 5) is 0. The molecule has 0 rings (SSSR count). The average molecular weight is 196 g/mol. The van der Waals surface area contributed by atoms with Crippen molar-refractivity contribution >= 4 is 0 Å². The maximum atomic E-state index is 5.11. The average Bonchev–Trinajstić information content (AvgIpc) is 2.19. The predicted molar refractivity (Wildman–Crippen MR) is 60.1 cm³/mol. The topological polar surface area (TPSA) is 18.5 Å². The Morgan fingerprint density at radius 2 is 1.79 bits per heavy atom. The molecule has 0 N–H and O–H groups in total. The van der Waals surface area contributed by atoms with E-state index in [9.17, 15) is 0 Å². The summed E-state index contributed by atoms with van der Waals surface area (Å²) >= 11 is 0. The van der Waals surface area contributed by atoms with Crippen molar-refractivity contribution < 1.29 is 9.47 Å². The predicted octanol–water partition coefficient (Wildman–Crippen LogP) is 3.07. The number of ether oxygens (including phenoxy) is 2. The summed E-state index contributed by atoms with van der Waals surface area (Å²) in [7, 11) is 3.27. The molecule has 0 bridgehead atoms. The highest BCUT2D eigenvalue weighted by Gasteiger charge is 2.05. The van der Waals surface area contributed by atoms with Crippen LogP contribution < -0.4 is 0 Å². The molecule has 2 heteroatoms. The highest BCUT2D eigenvalue weighted by atomic mass is 16.7. The van der Waals surface area contributed by atoms with E-state index < -0.39 is 0 Å². The minimum absolute atomic E-state index is 0.229. The van der Waals surface area contributed by atoms with Gasteiger partial charge in [-0.05, 0) is 25.8 Å². The monoisotopic (exact) mass is 196 g/mol. The molecule has 0 aromatic heterocycles. The van der Waals surface area contributed by atoms with Crippen LogP contribution in [0.2, 0.25) is 0 Å². The van der Waals surface area contributed by atoms with Crippen molar-refractivity contribution in [1.29, 1.82) is 0 Å². The second kappa shape index (κ2) is 7.54. The number of allylic oxidation sites excluding steroid dienone is 4. The van der Waals surface area contributed by atoms with Crippen LogP contribution in [-0.2, 0) is 9.47 Å². The van der Waals surface area contributed by atoms with Crippen LogP contribution >= 0.6 is 0 Å². The second-order valence-electron chi connectivity index (χ2n) is 3.14. The minimum atomic E-state index is -0.229. The fraction of sp³-hybridized carbons (Fsp3) is 0.500. The van der Waals surface area contributed by atoms with E-state index in [0.717, 1.165) is 12.0 Å². The third-order valence-electron chi connectivity index (χ3n) is 2.00. The van der Waals surface area contributed by atoms with E-state index in [0.29, 0.717) is 0 Å². The van der Waals surface area contributed by atoms with Gasteiger partial charge in [0.1, 0.15) is 0 Å². The molecular weight excluding hydrogens is 176 g/mol. The van der Waals surface area contributed by atoms with Crippen LogP contribution in [-0.4, -0.2) is 20.5 Å². The van der Waals surface area contributed by atoms with Gasteiger partial charge in [0.25, 0.3) is 0 Å². The smallest absolute Gasteiger partial charge is 0.178 e. The van der Waals surface area contributed by atoms with E-state index in [1.54, 1.807) is 14.2 Å². The van der Waals surface area contributed by atoms with Gasteiger partial charge >= 0.3 is 0 Å². The molecule has 0 saturated carbocycles. The summed E-state index contributed by atoms with van der Waals surface area (Å²) in [6, 6.07) is 0. The van der Waals surface area contributed by atoms with Crippen LogP contribution in [0.1, 0.15) is 20.3 Å². The minimum Gasteiger partial charge on any atom is -0.352 e. The molecule has 0 aromatic rings. The standard InChI is InChI=1S/C12H20O2/c1-6-10(2)8-7-9-11(3)12(13-4)14-5/h6,8-9,12H,1,7H2,2-5H3. The van der Waals surface area contributed by atoms with Crippen LogP contribution in [0.4, 0.5) is 0 Å². The summed E-state index contributed by atoms with van der Waals surface area (Å²) in [5.41, 5.74) is 2.27. The molecule has 0 heterocycles. The SMILES string of the molecule is C=CC(C)=CCC=C(C)C(OC)OC. The molecule has 0 unspecified atom stereocenters. The van der Waals surface area contributed by atoms with Gasteiger partial charge in [0.05, 0.1) is 0 Å². The lowest BCUT2D eigenvalue weighted by Gasteiger charge is -2.13. The van der Waals surface area contributed by atoms with Crippen molar-refractivity contribution in [1.82, 2.24) is 0 Å². The van der Waals surface area contributed by atoms with Gasteiger partial charge in [-0.1, -0.05) is 30.4 Å². The number of hydrogen-bond donors (Lipinski definition) is 0. The molecule has 2 nitrogen and oxygen atoms in total. The molecule has 0 saturated heterocycles. The van der Waals surface area contributed by atoms with E-state index in [1.807, 2.05) is 19.9 Å². The maximum Gasteiger partial charge on any atom is 0.178 e. The third kappa shape index (κ3) is 5.00. The summed E-state index contributed by atoms with van der Waals surface area (Å²) < 4.78 is 10.2. The summed E-state index contributed by atoms with van der Waals surface area (Å²) in [5.74, 6) is 0. The zero-order chi connectivity index (χ0) is 11.0. The van der Waals surface area contributed by atoms with Crippen molar-refractivity contribution in [3.8, 4) is 0 Å². The molecule has 0 aliphatic carbocycles. The third-order valence-corrected chi connectivity index (χ3v) is 2.00. The quantitative estimate of drug-likeness (QED) is 0.369. The molecule has 0 radical (unpaired) electrons. The second-order valence-corrected chi connectivity index (χ2v) is 3.14. The number of methoxy groups -OCH3 is 2. The first-order chi connectivity index (χ1) is 6.65. The Hall–Kier alpha value is -0.860. The molecule has 14 heavy (non-hydrogen) atoms. The Morgan fingerprint density at radius 1 is 1.21 bits per heavy atom. The van der Waals surface area contributed by atoms with Gasteiger partial charge in [-0.25, -0.2) is 0 Å². The van der Waals surface area contributed by atoms with Crippen LogP contribution in [0.15, 0.2) is 36.0 Å². The Morgan fingerprint density at radius 3 is 2.21 bits per heavy atom. The Labute approximate surface area is 86.9 Å². The summed E-state index contributed by atoms with van der Waals surface area (Å²) in [5, 5.41) is 0. The zero-order valence-corrected chi connectivity index (χ0v) is 9.54. The van der Waals surface area contributed by atoms with Gasteiger partial charge in [0, 0.05) is 14.2 Å². The molecular formula is C12H20O2. The Balaban J connectivity index is 4.17. The van der Waals surface area contributed by atoms with Crippen molar-refractivity contribution in [2.24, 2.45) is 0 Å². The Kier molecular flexibility index (Phi) is 7.07. The van der Waals surface area contributed by atoms with Crippen LogP contribution in [0.5, 0.6) is 0 Å². The summed E-state index contributed by atoms with van der Waals surface area (Å²) in [6.07, 6.45) is 6.69. The summed E-state index contributed by atoms with van der Waals surface area (Å²) in [6.45, 7) is 7.71. The molecule has 0 aliphatic rings. The van der Waals surface area contributed by atoms with Crippen molar-refractivity contribution in [3.05, 3.63) is 36.0 Å². The largest absolute Gasteiger partial charge is 0.352 e. The fourth-order valence-corrected chi connectivity index (χ4v) is 1.08. The van der Waals surface area contributed by atoms with E-state index in [-0.39, 0.29) is 6.29 Å². The lowest BCUT2D eigenvalue weighted by molar-refractivity contribution is -0.0748. The molecule has 0 spiro atoms. The van der Waals surface area contributed by atoms with Crippen molar-refractivity contribution in [3.63, 3.8) is 0 Å². The molecule has 0 atom stereocenters. The van der Waals surface area contributed by atoms with Crippen molar-refractivity contribution in [2.75, 3.05) is 14.2 Å². The molecule has 0 amide bonds. The lowest BCUT2D eigenvalue weighted by atomic mass is 10.2. The van der Waals surface area contributed by atoms with Crippen molar-refractivity contribution in [2.45, 2.75) is 26.6 Å². The number of hydrogen-bond acceptors (Lipinski definition) is 2. The van der Waals surface area contributed by atoms with Crippen LogP contribution in [0.25, 0.3) is 0 Å². The molecule has 0 fully saturated rings. The Bertz CT molecular complexity index is 222. The normalized spacial score (nSPS) is 13.5. The van der Waals surface area contributed by atoms with Gasteiger partial charge in [0.15, 0.2) is 6.29 Å². The molecule has 0 aliphatic heterocycles. The lowest BCUT2D eigenvalue weighted by Crippen LogP contribution is -2.13. The highest BCUT2D eigenvalue weighted by Crippen LogP contribution is 2.08. The zero-order valence-electron chi connectivity index (χ0n) is 9.54. The first-order valence-electron chi connectivity index (χ1n) is 4.67. The van der Waals surface area contributed by atoms with E-state index in [1.165, 1.54) is 5.57 Å². The number of rotatable bonds is 6. The van der Waals surface area contributed by atoms with Gasteiger partial charge in [-0.15, -0.1) is 0 Å². The van der Waals surface area contributed by atoms with Gasteiger partial charge in [-0.3, -0.25) is 0 Å². The van der Waals surface area contributed by atoms with Gasteiger partial charge < -0.3 is 9.47 Å². The highest BCUT2D eigenvalue weighted by molar-refractivity contribution is 5.15. The maximum absolute atomic E-state index is 5.11. The first-order valence-corrected chi connectivity index (χ1v) is 4.67. The fourth-order valence-electron chi connectivity index (χ4n) is 1.08. The first kappa shape index (κ1) is 13.1. The van der Waals surface area contributed by atoms with E-state index >= 15 is 0 Å². The van der Waals surface area contributed by atoms with Gasteiger partial charge in [0.2, 0.25) is 0 Å². The van der Waals surface area contributed by atoms with E-state index in [2.05, 4.69) is 18.7 Å². The molecule has 80 valence electrons. The van der Waals surface area contributed by atoms with Gasteiger partial charge in [-0.2, -0.15) is 0 Å². The molecule has 0 aromatic carbocycles. The van der Waals surface area contributed by atoms with Crippen LogP contribution in [0.3, 0.4) is 0 Å². The van der Waals surface area contributed by atoms with E-state index in [4.69, 9.17) is 9.47 Å².